The molecule has 2 atom stereocenters. The molecule has 4 rings (SSSR count). The minimum atomic E-state index is -0.0678. The lowest BCUT2D eigenvalue weighted by Crippen LogP contribution is -2.62. The molecular formula is C15H22N2O2. The maximum absolute atomic E-state index is 12.3. The van der Waals surface area contributed by atoms with Gasteiger partial charge >= 0.3 is 0 Å². The average molecular weight is 262 g/mol. The second-order valence-electron chi connectivity index (χ2n) is 5.96. The van der Waals surface area contributed by atoms with Gasteiger partial charge in [-0.3, -0.25) is 9.69 Å². The molecule has 4 nitrogen and oxygen atoms in total. The lowest BCUT2D eigenvalue weighted by atomic mass is 9.79. The van der Waals surface area contributed by atoms with E-state index in [1.165, 1.54) is 25.9 Å². The fraction of sp³-hybridized carbons (Fsp3) is 0.667. The highest BCUT2D eigenvalue weighted by atomic mass is 16.3. The number of aryl methyl sites for hydroxylation is 2. The summed E-state index contributed by atoms with van der Waals surface area (Å²) in [6.07, 6.45) is 2.40. The van der Waals surface area contributed by atoms with Gasteiger partial charge < -0.3 is 9.73 Å². The van der Waals surface area contributed by atoms with Gasteiger partial charge in [-0.25, -0.2) is 0 Å². The Morgan fingerprint density at radius 1 is 1.37 bits per heavy atom. The minimum absolute atomic E-state index is 0.0678. The van der Waals surface area contributed by atoms with E-state index in [1.54, 1.807) is 0 Å². The van der Waals surface area contributed by atoms with Crippen molar-refractivity contribution in [2.75, 3.05) is 13.1 Å². The Kier molecular flexibility index (Phi) is 3.13. The zero-order valence-electron chi connectivity index (χ0n) is 11.9. The summed E-state index contributed by atoms with van der Waals surface area (Å²) < 4.78 is 5.51. The number of nitrogens with zero attached hydrogens (tertiary/aromatic N) is 1. The molecule has 3 aliphatic heterocycles. The second kappa shape index (κ2) is 4.67. The molecule has 2 bridgehead atoms. The smallest absolute Gasteiger partial charge is 0.287 e. The van der Waals surface area contributed by atoms with Crippen molar-refractivity contribution >= 4 is 5.91 Å². The van der Waals surface area contributed by atoms with Crippen LogP contribution in [0.3, 0.4) is 0 Å². The summed E-state index contributed by atoms with van der Waals surface area (Å²) in [5.41, 5.74) is 1.03. The van der Waals surface area contributed by atoms with E-state index >= 15 is 0 Å². The molecule has 4 heterocycles. The summed E-state index contributed by atoms with van der Waals surface area (Å²) in [6.45, 7) is 8.43. The molecule has 1 N–H and O–H groups in total. The van der Waals surface area contributed by atoms with Crippen molar-refractivity contribution in [3.63, 3.8) is 0 Å². The number of carbonyl (C=O) groups is 1. The standard InChI is InChI=1S/C15H22N2O2/c1-9-8-13(19-11(9)3)15(18)16-14-10(2)17-6-4-12(14)5-7-17/h8,10,12,14H,4-7H2,1-3H3,(H,16,18)/t10-,14+/m1/s1. The molecule has 4 heteroatoms. The van der Waals surface area contributed by atoms with E-state index in [-0.39, 0.29) is 11.9 Å². The fourth-order valence-electron chi connectivity index (χ4n) is 3.45. The Morgan fingerprint density at radius 3 is 2.58 bits per heavy atom. The van der Waals surface area contributed by atoms with Crippen LogP contribution in [0.4, 0.5) is 0 Å². The molecule has 19 heavy (non-hydrogen) atoms. The van der Waals surface area contributed by atoms with Gasteiger partial charge in [0.05, 0.1) is 0 Å². The largest absolute Gasteiger partial charge is 0.456 e. The van der Waals surface area contributed by atoms with Crippen LogP contribution in [0.15, 0.2) is 10.5 Å². The fourth-order valence-corrected chi connectivity index (χ4v) is 3.45. The second-order valence-corrected chi connectivity index (χ2v) is 5.96. The highest BCUT2D eigenvalue weighted by Gasteiger charge is 2.40. The topological polar surface area (TPSA) is 45.5 Å². The summed E-state index contributed by atoms with van der Waals surface area (Å²) in [7, 11) is 0. The van der Waals surface area contributed by atoms with Gasteiger partial charge in [0.2, 0.25) is 0 Å². The quantitative estimate of drug-likeness (QED) is 0.888. The number of hydrogen-bond acceptors (Lipinski definition) is 3. The van der Waals surface area contributed by atoms with Gasteiger partial charge in [0, 0.05) is 12.1 Å². The third-order valence-electron chi connectivity index (χ3n) is 4.87. The monoisotopic (exact) mass is 262 g/mol. The number of furan rings is 1. The third-order valence-corrected chi connectivity index (χ3v) is 4.87. The molecule has 3 aliphatic rings. The molecule has 0 aromatic carbocycles. The van der Waals surface area contributed by atoms with Crippen molar-refractivity contribution in [1.82, 2.24) is 10.2 Å². The van der Waals surface area contributed by atoms with Crippen LogP contribution in [0.5, 0.6) is 0 Å². The average Bonchev–Trinajstić information content (AvgIpc) is 2.74. The van der Waals surface area contributed by atoms with Crippen LogP contribution in [-0.2, 0) is 0 Å². The third kappa shape index (κ3) is 2.18. The molecule has 3 fully saturated rings. The molecule has 0 radical (unpaired) electrons. The van der Waals surface area contributed by atoms with E-state index in [1.807, 2.05) is 19.9 Å². The van der Waals surface area contributed by atoms with Gasteiger partial charge in [-0.2, -0.15) is 0 Å². The minimum Gasteiger partial charge on any atom is -0.456 e. The number of piperidine rings is 3. The first-order chi connectivity index (χ1) is 9.06. The molecule has 0 unspecified atom stereocenters. The van der Waals surface area contributed by atoms with Crippen molar-refractivity contribution < 1.29 is 9.21 Å². The maximum Gasteiger partial charge on any atom is 0.287 e. The molecule has 0 aliphatic carbocycles. The molecule has 0 spiro atoms. The van der Waals surface area contributed by atoms with E-state index in [4.69, 9.17) is 4.42 Å². The Labute approximate surface area is 114 Å². The Balaban J connectivity index is 1.72. The van der Waals surface area contributed by atoms with Crippen LogP contribution < -0.4 is 5.32 Å². The Hall–Kier alpha value is -1.29. The van der Waals surface area contributed by atoms with Gasteiger partial charge in [-0.15, -0.1) is 0 Å². The number of amides is 1. The molecule has 0 saturated carbocycles. The SMILES string of the molecule is Cc1cc(C(=O)N[C@@H]2C3CCN(CC3)[C@@H]2C)oc1C. The van der Waals surface area contributed by atoms with E-state index in [9.17, 15) is 4.79 Å². The molecule has 1 aromatic rings. The number of nitrogens with one attached hydrogen (secondary N) is 1. The lowest BCUT2D eigenvalue weighted by molar-refractivity contribution is 0.0211. The van der Waals surface area contributed by atoms with Crippen LogP contribution in [0.2, 0.25) is 0 Å². The van der Waals surface area contributed by atoms with Gasteiger partial charge in [0.1, 0.15) is 5.76 Å². The van der Waals surface area contributed by atoms with Crippen molar-refractivity contribution in [3.8, 4) is 0 Å². The van der Waals surface area contributed by atoms with E-state index in [0.29, 0.717) is 17.7 Å². The number of rotatable bonds is 2. The van der Waals surface area contributed by atoms with Gasteiger partial charge in [0.15, 0.2) is 5.76 Å². The summed E-state index contributed by atoms with van der Waals surface area (Å²) in [6, 6.07) is 2.53. The lowest BCUT2D eigenvalue weighted by Gasteiger charge is -2.49. The van der Waals surface area contributed by atoms with E-state index in [0.717, 1.165) is 11.3 Å². The predicted octanol–water partition coefficient (Wildman–Crippen LogP) is 2.11. The predicted molar refractivity (Wildman–Crippen MR) is 73.2 cm³/mol. The van der Waals surface area contributed by atoms with Crippen LogP contribution >= 0.6 is 0 Å². The van der Waals surface area contributed by atoms with Crippen LogP contribution in [-0.4, -0.2) is 36.0 Å². The Morgan fingerprint density at radius 2 is 2.05 bits per heavy atom. The van der Waals surface area contributed by atoms with Crippen molar-refractivity contribution in [3.05, 3.63) is 23.2 Å². The van der Waals surface area contributed by atoms with Crippen LogP contribution in [0.25, 0.3) is 0 Å². The molecule has 1 aromatic heterocycles. The zero-order valence-corrected chi connectivity index (χ0v) is 11.9. The molecule has 1 amide bonds. The van der Waals surface area contributed by atoms with Crippen molar-refractivity contribution in [1.29, 1.82) is 0 Å². The van der Waals surface area contributed by atoms with Crippen molar-refractivity contribution in [2.24, 2.45) is 5.92 Å². The Bertz CT molecular complexity index is 465. The first kappa shape index (κ1) is 12.7. The molecular weight excluding hydrogens is 240 g/mol. The van der Waals surface area contributed by atoms with E-state index < -0.39 is 0 Å². The number of carbonyl (C=O) groups excluding carboxylic acids is 1. The molecule has 3 saturated heterocycles. The van der Waals surface area contributed by atoms with Gasteiger partial charge in [0.25, 0.3) is 5.91 Å². The summed E-state index contributed by atoms with van der Waals surface area (Å²) >= 11 is 0. The zero-order chi connectivity index (χ0) is 13.6. The van der Waals surface area contributed by atoms with Crippen LogP contribution in [0.1, 0.15) is 41.6 Å². The van der Waals surface area contributed by atoms with Gasteiger partial charge in [-0.1, -0.05) is 0 Å². The van der Waals surface area contributed by atoms with E-state index in [2.05, 4.69) is 17.1 Å². The molecule has 104 valence electrons. The van der Waals surface area contributed by atoms with Crippen molar-refractivity contribution in [2.45, 2.75) is 45.7 Å². The normalized spacial score (nSPS) is 33.4. The first-order valence-corrected chi connectivity index (χ1v) is 7.18. The summed E-state index contributed by atoms with van der Waals surface area (Å²) in [5.74, 6) is 1.83. The van der Waals surface area contributed by atoms with Crippen LogP contribution in [0, 0.1) is 19.8 Å². The highest BCUT2D eigenvalue weighted by molar-refractivity contribution is 5.92. The maximum atomic E-state index is 12.3. The first-order valence-electron chi connectivity index (χ1n) is 7.18. The number of fused-ring (bicyclic) bond motifs is 3. The summed E-state index contributed by atoms with van der Waals surface area (Å²) in [4.78, 5) is 14.8. The highest BCUT2D eigenvalue weighted by Crippen LogP contribution is 2.32. The number of hydrogen-bond donors (Lipinski definition) is 1. The van der Waals surface area contributed by atoms with Gasteiger partial charge in [-0.05, 0) is 64.3 Å². The summed E-state index contributed by atoms with van der Waals surface area (Å²) in [5, 5.41) is 3.18.